The summed E-state index contributed by atoms with van der Waals surface area (Å²) < 4.78 is 0. The van der Waals surface area contributed by atoms with Crippen LogP contribution in [0.15, 0.2) is 48.5 Å². The van der Waals surface area contributed by atoms with E-state index < -0.39 is 0 Å². The van der Waals surface area contributed by atoms with Crippen LogP contribution in [0.3, 0.4) is 0 Å². The molecule has 1 saturated heterocycles. The van der Waals surface area contributed by atoms with Gasteiger partial charge in [-0.1, -0.05) is 30.3 Å². The van der Waals surface area contributed by atoms with Gasteiger partial charge in [-0.05, 0) is 30.7 Å². The number of hydrogen-bond acceptors (Lipinski definition) is 3. The molecule has 1 aliphatic rings. The third-order valence-corrected chi connectivity index (χ3v) is 4.91. The molecule has 0 atom stereocenters. The summed E-state index contributed by atoms with van der Waals surface area (Å²) in [5, 5.41) is 6.77. The smallest absolute Gasteiger partial charge is 0.253 e. The maximum Gasteiger partial charge on any atom is 0.253 e. The van der Waals surface area contributed by atoms with Crippen molar-refractivity contribution in [2.45, 2.75) is 13.5 Å². The first kappa shape index (κ1) is 17.1. The van der Waals surface area contributed by atoms with Crippen molar-refractivity contribution in [3.63, 3.8) is 0 Å². The summed E-state index contributed by atoms with van der Waals surface area (Å²) in [5.74, 6) is -0.0339. The van der Waals surface area contributed by atoms with Crippen LogP contribution in [0, 0.1) is 6.92 Å². The third kappa shape index (κ3) is 3.51. The highest BCUT2D eigenvalue weighted by Gasteiger charge is 2.17. The maximum atomic E-state index is 12.7. The van der Waals surface area contributed by atoms with Crippen molar-refractivity contribution in [1.29, 1.82) is 0 Å². The monoisotopic (exact) mass is 362 g/mol. The lowest BCUT2D eigenvalue weighted by atomic mass is 10.1. The van der Waals surface area contributed by atoms with Crippen LogP contribution in [-0.4, -0.2) is 36.4 Å². The highest BCUT2D eigenvalue weighted by molar-refractivity contribution is 6.08. The molecule has 2 heterocycles. The number of amides is 2. The van der Waals surface area contributed by atoms with E-state index in [0.29, 0.717) is 25.2 Å². The fraction of sp³-hybridized carbons (Fsp3) is 0.238. The molecule has 138 valence electrons. The molecule has 2 amide bonds. The topological polar surface area (TPSA) is 77.2 Å². The Morgan fingerprint density at radius 1 is 1.15 bits per heavy atom. The number of H-pyrrole nitrogens is 1. The van der Waals surface area contributed by atoms with Gasteiger partial charge >= 0.3 is 0 Å². The average molecular weight is 362 g/mol. The van der Waals surface area contributed by atoms with Gasteiger partial charge in [-0.3, -0.25) is 9.59 Å². The lowest BCUT2D eigenvalue weighted by Gasteiger charge is -2.28. The molecule has 27 heavy (non-hydrogen) atoms. The van der Waals surface area contributed by atoms with Crippen molar-refractivity contribution in [1.82, 2.24) is 15.6 Å². The summed E-state index contributed by atoms with van der Waals surface area (Å²) in [6.07, 6.45) is 0. The van der Waals surface area contributed by atoms with E-state index in [1.54, 1.807) is 0 Å². The molecule has 4 rings (SSSR count). The number of nitrogens with one attached hydrogen (secondary N) is 3. The Morgan fingerprint density at radius 3 is 2.70 bits per heavy atom. The van der Waals surface area contributed by atoms with Crippen LogP contribution in [0.4, 0.5) is 5.69 Å². The molecule has 3 aromatic rings. The average Bonchev–Trinajstić information content (AvgIpc) is 3.02. The Morgan fingerprint density at radius 2 is 1.93 bits per heavy atom. The van der Waals surface area contributed by atoms with E-state index in [0.717, 1.165) is 34.4 Å². The SMILES string of the molecule is Cc1[nH]c2ccccc2c1C(=O)NCc1ccc(N2CCNC(=O)C2)cc1. The molecule has 6 nitrogen and oxygen atoms in total. The third-order valence-electron chi connectivity index (χ3n) is 4.91. The van der Waals surface area contributed by atoms with E-state index in [9.17, 15) is 9.59 Å². The van der Waals surface area contributed by atoms with Crippen molar-refractivity contribution in [3.05, 3.63) is 65.4 Å². The van der Waals surface area contributed by atoms with Crippen LogP contribution in [0.25, 0.3) is 10.9 Å². The van der Waals surface area contributed by atoms with E-state index in [-0.39, 0.29) is 11.8 Å². The fourth-order valence-electron chi connectivity index (χ4n) is 3.52. The number of aryl methyl sites for hydroxylation is 1. The van der Waals surface area contributed by atoms with Gasteiger partial charge in [0.2, 0.25) is 5.91 Å². The van der Waals surface area contributed by atoms with Gasteiger partial charge in [0.15, 0.2) is 0 Å². The van der Waals surface area contributed by atoms with Crippen molar-refractivity contribution in [2.24, 2.45) is 0 Å². The van der Waals surface area contributed by atoms with Crippen LogP contribution in [0.1, 0.15) is 21.6 Å². The number of fused-ring (bicyclic) bond motifs is 1. The van der Waals surface area contributed by atoms with Crippen molar-refractivity contribution in [2.75, 3.05) is 24.5 Å². The molecule has 2 aromatic carbocycles. The first-order chi connectivity index (χ1) is 13.1. The van der Waals surface area contributed by atoms with Gasteiger partial charge in [-0.2, -0.15) is 0 Å². The molecule has 0 bridgehead atoms. The standard InChI is InChI=1S/C21H22N4O2/c1-14-20(17-4-2-3-5-18(17)24-14)21(27)23-12-15-6-8-16(9-7-15)25-11-10-22-19(26)13-25/h2-9,24H,10-13H2,1H3,(H,22,26)(H,23,27). The van der Waals surface area contributed by atoms with Gasteiger partial charge in [0.05, 0.1) is 12.1 Å². The molecule has 1 fully saturated rings. The second-order valence-corrected chi connectivity index (χ2v) is 6.79. The Labute approximate surface area is 157 Å². The number of anilines is 1. The first-order valence-corrected chi connectivity index (χ1v) is 9.08. The normalized spacial score (nSPS) is 14.3. The number of benzene rings is 2. The number of aromatic nitrogens is 1. The molecule has 1 aliphatic heterocycles. The highest BCUT2D eigenvalue weighted by Crippen LogP contribution is 2.22. The zero-order valence-corrected chi connectivity index (χ0v) is 15.2. The van der Waals surface area contributed by atoms with Gasteiger partial charge in [0, 0.05) is 41.9 Å². The molecule has 1 aromatic heterocycles. The number of carbonyl (C=O) groups is 2. The van der Waals surface area contributed by atoms with Crippen LogP contribution in [0.5, 0.6) is 0 Å². The Balaban J connectivity index is 1.43. The zero-order valence-electron chi connectivity index (χ0n) is 15.2. The van der Waals surface area contributed by atoms with Gasteiger partial charge < -0.3 is 20.5 Å². The summed E-state index contributed by atoms with van der Waals surface area (Å²) in [5.41, 5.74) is 4.57. The predicted octanol–water partition coefficient (Wildman–Crippen LogP) is 2.34. The number of rotatable bonds is 4. The van der Waals surface area contributed by atoms with Gasteiger partial charge in [-0.15, -0.1) is 0 Å². The van der Waals surface area contributed by atoms with E-state index in [1.807, 2.05) is 55.5 Å². The highest BCUT2D eigenvalue weighted by atomic mass is 16.2. The second-order valence-electron chi connectivity index (χ2n) is 6.79. The summed E-state index contributed by atoms with van der Waals surface area (Å²) in [6.45, 7) is 4.23. The van der Waals surface area contributed by atoms with E-state index in [4.69, 9.17) is 0 Å². The summed E-state index contributed by atoms with van der Waals surface area (Å²) in [4.78, 5) is 29.5. The quantitative estimate of drug-likeness (QED) is 0.667. The molecule has 0 radical (unpaired) electrons. The van der Waals surface area contributed by atoms with Crippen LogP contribution < -0.4 is 15.5 Å². The van der Waals surface area contributed by atoms with Crippen LogP contribution >= 0.6 is 0 Å². The predicted molar refractivity (Wildman–Crippen MR) is 106 cm³/mol. The molecule has 0 unspecified atom stereocenters. The van der Waals surface area contributed by atoms with Gasteiger partial charge in [0.1, 0.15) is 0 Å². The summed E-state index contributed by atoms with van der Waals surface area (Å²) in [6, 6.07) is 15.8. The zero-order chi connectivity index (χ0) is 18.8. The molecule has 6 heteroatoms. The van der Waals surface area contributed by atoms with E-state index in [2.05, 4.69) is 20.5 Å². The molecule has 0 aliphatic carbocycles. The van der Waals surface area contributed by atoms with E-state index >= 15 is 0 Å². The van der Waals surface area contributed by atoms with Gasteiger partial charge in [0.25, 0.3) is 5.91 Å². The number of nitrogens with zero attached hydrogens (tertiary/aromatic N) is 1. The minimum Gasteiger partial charge on any atom is -0.360 e. The van der Waals surface area contributed by atoms with Crippen LogP contribution in [-0.2, 0) is 11.3 Å². The molecule has 3 N–H and O–H groups in total. The molecule has 0 spiro atoms. The van der Waals surface area contributed by atoms with Crippen molar-refractivity contribution >= 4 is 28.4 Å². The molecule has 0 saturated carbocycles. The van der Waals surface area contributed by atoms with Crippen molar-refractivity contribution < 1.29 is 9.59 Å². The Kier molecular flexibility index (Phi) is 4.54. The Bertz CT molecular complexity index is 991. The minimum absolute atomic E-state index is 0.0479. The lowest BCUT2D eigenvalue weighted by Crippen LogP contribution is -2.47. The number of aromatic amines is 1. The minimum atomic E-state index is -0.0817. The largest absolute Gasteiger partial charge is 0.360 e. The second kappa shape index (κ2) is 7.15. The van der Waals surface area contributed by atoms with E-state index in [1.165, 1.54) is 0 Å². The van der Waals surface area contributed by atoms with Crippen molar-refractivity contribution in [3.8, 4) is 0 Å². The van der Waals surface area contributed by atoms with Gasteiger partial charge in [-0.25, -0.2) is 0 Å². The first-order valence-electron chi connectivity index (χ1n) is 9.08. The number of carbonyl (C=O) groups excluding carboxylic acids is 2. The number of piperazine rings is 1. The Hall–Kier alpha value is -3.28. The molecular weight excluding hydrogens is 340 g/mol. The number of para-hydroxylation sites is 1. The summed E-state index contributed by atoms with van der Waals surface area (Å²) >= 11 is 0. The maximum absolute atomic E-state index is 12.7. The number of hydrogen-bond donors (Lipinski definition) is 3. The lowest BCUT2D eigenvalue weighted by molar-refractivity contribution is -0.120. The fourth-order valence-corrected chi connectivity index (χ4v) is 3.52. The summed E-state index contributed by atoms with van der Waals surface area (Å²) in [7, 11) is 0. The molecular formula is C21H22N4O2. The van der Waals surface area contributed by atoms with Crippen LogP contribution in [0.2, 0.25) is 0 Å².